The molecule has 0 amide bonds. The molecule has 0 bridgehead atoms. The van der Waals surface area contributed by atoms with Gasteiger partial charge >= 0.3 is 0 Å². The summed E-state index contributed by atoms with van der Waals surface area (Å²) in [6, 6.07) is 0. The lowest BCUT2D eigenvalue weighted by Gasteiger charge is -2.40. The fourth-order valence-electron chi connectivity index (χ4n) is 3.20. The molecule has 22 heavy (non-hydrogen) atoms. The highest BCUT2D eigenvalue weighted by molar-refractivity contribution is 6.74. The van der Waals surface area contributed by atoms with Crippen molar-refractivity contribution in [2.45, 2.75) is 91.0 Å². The van der Waals surface area contributed by atoms with Gasteiger partial charge < -0.3 is 9.22 Å². The van der Waals surface area contributed by atoms with Gasteiger partial charge in [-0.3, -0.25) is 0 Å². The van der Waals surface area contributed by atoms with Gasteiger partial charge in [0.15, 0.2) is 8.32 Å². The van der Waals surface area contributed by atoms with Crippen molar-refractivity contribution < 1.29 is 9.22 Å². The van der Waals surface area contributed by atoms with Crippen LogP contribution in [0.2, 0.25) is 18.1 Å². The molecule has 0 radical (unpaired) electrons. The number of carbonyl (C=O) groups is 1. The second-order valence-electron chi connectivity index (χ2n) is 8.44. The minimum Gasteiger partial charge on any atom is -0.414 e. The Bertz CT molecular complexity index is 393. The lowest BCUT2D eigenvalue weighted by atomic mass is 9.88. The van der Waals surface area contributed by atoms with Gasteiger partial charge in [0, 0.05) is 12.5 Å². The van der Waals surface area contributed by atoms with Crippen molar-refractivity contribution in [1.82, 2.24) is 0 Å². The van der Waals surface area contributed by atoms with E-state index in [1.807, 2.05) is 0 Å². The highest BCUT2D eigenvalue weighted by Gasteiger charge is 2.44. The van der Waals surface area contributed by atoms with Crippen molar-refractivity contribution >= 4 is 14.1 Å². The minimum absolute atomic E-state index is 0.246. The van der Waals surface area contributed by atoms with Crippen LogP contribution >= 0.6 is 0 Å². The summed E-state index contributed by atoms with van der Waals surface area (Å²) in [5.74, 6) is 1.34. The first-order valence-corrected chi connectivity index (χ1v) is 11.8. The van der Waals surface area contributed by atoms with Crippen molar-refractivity contribution in [1.29, 1.82) is 0 Å². The maximum absolute atomic E-state index is 11.6. The molecule has 1 unspecified atom stereocenters. The standard InChI is InChI=1S/C19H36O2Si/c1-8-9-10-11-17-16(14-15(2)20)12-13-18(17)21-22(6,7)19(3,4)5/h9-10,16-18H,8,11-14H2,1-7H3/b10-9-/t16-,17+,18?/m1/s1. The molecule has 128 valence electrons. The van der Waals surface area contributed by atoms with Crippen LogP contribution in [0.4, 0.5) is 0 Å². The van der Waals surface area contributed by atoms with Crippen LogP contribution in [0.25, 0.3) is 0 Å². The Hall–Kier alpha value is -0.413. The molecule has 3 heteroatoms. The highest BCUT2D eigenvalue weighted by Crippen LogP contribution is 2.44. The zero-order chi connectivity index (χ0) is 17.0. The first-order chi connectivity index (χ1) is 10.1. The Morgan fingerprint density at radius 3 is 2.36 bits per heavy atom. The summed E-state index contributed by atoms with van der Waals surface area (Å²) in [4.78, 5) is 11.6. The van der Waals surface area contributed by atoms with Gasteiger partial charge in [0.25, 0.3) is 0 Å². The summed E-state index contributed by atoms with van der Waals surface area (Å²) in [6.45, 7) is 15.5. The monoisotopic (exact) mass is 324 g/mol. The molecule has 0 aliphatic heterocycles. The van der Waals surface area contributed by atoms with Gasteiger partial charge in [-0.15, -0.1) is 0 Å². The van der Waals surface area contributed by atoms with E-state index < -0.39 is 8.32 Å². The summed E-state index contributed by atoms with van der Waals surface area (Å²) in [5, 5.41) is 0.246. The summed E-state index contributed by atoms with van der Waals surface area (Å²) < 4.78 is 6.71. The predicted octanol–water partition coefficient (Wildman–Crippen LogP) is 5.74. The van der Waals surface area contributed by atoms with Gasteiger partial charge in [0.2, 0.25) is 0 Å². The third kappa shape index (κ3) is 5.34. The highest BCUT2D eigenvalue weighted by atomic mass is 28.4. The molecule has 1 rings (SSSR count). The molecule has 0 spiro atoms. The van der Waals surface area contributed by atoms with Crippen LogP contribution in [-0.4, -0.2) is 20.2 Å². The molecule has 0 N–H and O–H groups in total. The second kappa shape index (κ2) is 7.92. The maximum Gasteiger partial charge on any atom is 0.192 e. The van der Waals surface area contributed by atoms with Crippen LogP contribution in [-0.2, 0) is 9.22 Å². The van der Waals surface area contributed by atoms with Crippen molar-refractivity contribution in [2.75, 3.05) is 0 Å². The van der Waals surface area contributed by atoms with E-state index in [1.54, 1.807) is 6.92 Å². The number of hydrogen-bond donors (Lipinski definition) is 0. The number of ketones is 1. The molecule has 1 fully saturated rings. The fraction of sp³-hybridized carbons (Fsp3) is 0.842. The van der Waals surface area contributed by atoms with Crippen molar-refractivity contribution in [3.63, 3.8) is 0 Å². The van der Waals surface area contributed by atoms with E-state index in [-0.39, 0.29) is 5.04 Å². The van der Waals surface area contributed by atoms with Crippen LogP contribution in [0.15, 0.2) is 12.2 Å². The number of Topliss-reactive ketones (excluding diaryl/α,β-unsaturated/α-hetero) is 1. The molecule has 1 aliphatic carbocycles. The van der Waals surface area contributed by atoms with Crippen molar-refractivity contribution in [3.05, 3.63) is 12.2 Å². The first-order valence-electron chi connectivity index (χ1n) is 8.90. The third-order valence-electron chi connectivity index (χ3n) is 5.52. The largest absolute Gasteiger partial charge is 0.414 e. The minimum atomic E-state index is -1.74. The van der Waals surface area contributed by atoms with E-state index in [1.165, 1.54) is 0 Å². The van der Waals surface area contributed by atoms with Crippen molar-refractivity contribution in [2.24, 2.45) is 11.8 Å². The molecule has 0 aromatic heterocycles. The zero-order valence-corrected chi connectivity index (χ0v) is 16.7. The van der Waals surface area contributed by atoms with Gasteiger partial charge in [-0.2, -0.15) is 0 Å². The van der Waals surface area contributed by atoms with Crippen LogP contribution in [0, 0.1) is 11.8 Å². The Kier molecular flexibility index (Phi) is 7.06. The predicted molar refractivity (Wildman–Crippen MR) is 97.6 cm³/mol. The van der Waals surface area contributed by atoms with Gasteiger partial charge in [-0.25, -0.2) is 0 Å². The summed E-state index contributed by atoms with van der Waals surface area (Å²) in [5.41, 5.74) is 0. The lowest BCUT2D eigenvalue weighted by molar-refractivity contribution is -0.118. The molecule has 0 aromatic rings. The molecule has 1 aliphatic rings. The smallest absolute Gasteiger partial charge is 0.192 e. The molecule has 0 aromatic carbocycles. The van der Waals surface area contributed by atoms with Gasteiger partial charge in [0.1, 0.15) is 5.78 Å². The average molecular weight is 325 g/mol. The van der Waals surface area contributed by atoms with Crippen LogP contribution in [0.5, 0.6) is 0 Å². The van der Waals surface area contributed by atoms with Gasteiger partial charge in [-0.05, 0) is 62.6 Å². The summed E-state index contributed by atoms with van der Waals surface area (Å²) in [6.07, 6.45) is 10.0. The van der Waals surface area contributed by atoms with E-state index in [0.717, 1.165) is 32.1 Å². The number of allylic oxidation sites excluding steroid dienone is 2. The molecule has 1 saturated carbocycles. The number of carbonyl (C=O) groups excluding carboxylic acids is 1. The Morgan fingerprint density at radius 1 is 1.23 bits per heavy atom. The fourth-order valence-corrected chi connectivity index (χ4v) is 4.60. The normalized spacial score (nSPS) is 26.8. The van der Waals surface area contributed by atoms with E-state index in [0.29, 0.717) is 23.7 Å². The van der Waals surface area contributed by atoms with Crippen LogP contribution in [0.3, 0.4) is 0 Å². The lowest BCUT2D eigenvalue weighted by Crippen LogP contribution is -2.45. The van der Waals surface area contributed by atoms with E-state index in [2.05, 4.69) is 52.9 Å². The van der Waals surface area contributed by atoms with E-state index >= 15 is 0 Å². The van der Waals surface area contributed by atoms with Gasteiger partial charge in [0.05, 0.1) is 0 Å². The van der Waals surface area contributed by atoms with Gasteiger partial charge in [-0.1, -0.05) is 39.8 Å². The summed E-state index contributed by atoms with van der Waals surface area (Å²) in [7, 11) is -1.74. The first kappa shape index (κ1) is 19.6. The number of rotatable bonds is 7. The molecule has 2 nitrogen and oxygen atoms in total. The average Bonchev–Trinajstić information content (AvgIpc) is 2.70. The van der Waals surface area contributed by atoms with E-state index in [9.17, 15) is 4.79 Å². The van der Waals surface area contributed by atoms with Crippen molar-refractivity contribution in [3.8, 4) is 0 Å². The SMILES string of the molecule is CC/C=C\C[C@@H]1C(O[Si](C)(C)C(C)(C)C)CC[C@@H]1CC(C)=O. The Labute approximate surface area is 138 Å². The summed E-state index contributed by atoms with van der Waals surface area (Å²) >= 11 is 0. The van der Waals surface area contributed by atoms with Crippen LogP contribution in [0.1, 0.15) is 66.7 Å². The molecular formula is C19H36O2Si. The Morgan fingerprint density at radius 2 is 1.86 bits per heavy atom. The number of hydrogen-bond acceptors (Lipinski definition) is 2. The molecule has 3 atom stereocenters. The molecule has 0 saturated heterocycles. The van der Waals surface area contributed by atoms with Crippen LogP contribution < -0.4 is 0 Å². The maximum atomic E-state index is 11.6. The Balaban J connectivity index is 2.83. The quantitative estimate of drug-likeness (QED) is 0.441. The van der Waals surface area contributed by atoms with E-state index in [4.69, 9.17) is 4.43 Å². The second-order valence-corrected chi connectivity index (χ2v) is 13.2. The molecule has 0 heterocycles. The zero-order valence-electron chi connectivity index (χ0n) is 15.7. The molecular weight excluding hydrogens is 288 g/mol. The third-order valence-corrected chi connectivity index (χ3v) is 10.0. The topological polar surface area (TPSA) is 26.3 Å².